The predicted molar refractivity (Wildman–Crippen MR) is 128 cm³/mol. The number of hydrogen-bond donors (Lipinski definition) is 0. The van der Waals surface area contributed by atoms with E-state index in [1.54, 1.807) is 0 Å². The number of hydrogen-bond acceptors (Lipinski definition) is 2. The van der Waals surface area contributed by atoms with Crippen LogP contribution in [-0.2, 0) is 19.5 Å². The van der Waals surface area contributed by atoms with Gasteiger partial charge in [-0.3, -0.25) is 4.90 Å². The predicted octanol–water partition coefficient (Wildman–Crippen LogP) is 6.71. The molecule has 5 rings (SSSR count). The highest BCUT2D eigenvalue weighted by molar-refractivity contribution is 5.71. The molecule has 1 aliphatic carbocycles. The van der Waals surface area contributed by atoms with Crippen LogP contribution in [0.15, 0.2) is 60.7 Å². The number of benzene rings is 3. The van der Waals surface area contributed by atoms with E-state index in [1.165, 1.54) is 51.8 Å². The molecule has 2 aliphatic rings. The Balaban J connectivity index is 1.20. The molecule has 1 fully saturated rings. The molecule has 0 unspecified atom stereocenters. The molecule has 3 aromatic rings. The zero-order valence-electron chi connectivity index (χ0n) is 19.0. The second-order valence-corrected chi connectivity index (χ2v) is 9.64. The Morgan fingerprint density at radius 3 is 2.29 bits per heavy atom. The van der Waals surface area contributed by atoms with Gasteiger partial charge in [0.15, 0.2) is 0 Å². The Hall–Kier alpha value is -2.58. The van der Waals surface area contributed by atoms with Crippen molar-refractivity contribution in [3.05, 3.63) is 88.5 Å². The Morgan fingerprint density at radius 1 is 0.871 bits per heavy atom. The van der Waals surface area contributed by atoms with Crippen LogP contribution in [0.4, 0.5) is 0 Å². The minimum Gasteiger partial charge on any atom is -0.493 e. The molecule has 0 amide bonds. The van der Waals surface area contributed by atoms with Crippen LogP contribution in [0.1, 0.15) is 47.6 Å². The third kappa shape index (κ3) is 4.27. The van der Waals surface area contributed by atoms with Gasteiger partial charge < -0.3 is 4.74 Å². The average molecular weight is 412 g/mol. The fraction of sp³-hybridized carbons (Fsp3) is 0.379. The van der Waals surface area contributed by atoms with Crippen molar-refractivity contribution < 1.29 is 4.74 Å². The fourth-order valence-electron chi connectivity index (χ4n) is 5.45. The van der Waals surface area contributed by atoms with Gasteiger partial charge in [-0.1, -0.05) is 55.5 Å². The Morgan fingerprint density at radius 2 is 1.58 bits per heavy atom. The molecule has 1 heterocycles. The van der Waals surface area contributed by atoms with Crippen LogP contribution in [0.5, 0.6) is 5.75 Å². The molecule has 160 valence electrons. The lowest BCUT2D eigenvalue weighted by atomic mass is 9.81. The summed E-state index contributed by atoms with van der Waals surface area (Å²) in [5.41, 5.74) is 9.61. The number of ether oxygens (including phenoxy) is 1. The average Bonchev–Trinajstić information content (AvgIpc) is 3.14. The van der Waals surface area contributed by atoms with E-state index in [0.29, 0.717) is 6.61 Å². The van der Waals surface area contributed by atoms with Gasteiger partial charge >= 0.3 is 0 Å². The van der Waals surface area contributed by atoms with Crippen LogP contribution in [-0.4, -0.2) is 17.5 Å². The third-order valence-electron chi connectivity index (χ3n) is 7.10. The lowest BCUT2D eigenvalue weighted by Crippen LogP contribution is -2.40. The summed E-state index contributed by atoms with van der Waals surface area (Å²) in [6.07, 6.45) is 3.65. The fourth-order valence-corrected chi connectivity index (χ4v) is 5.45. The molecule has 2 heteroatoms. The second kappa shape index (κ2) is 8.51. The lowest BCUT2D eigenvalue weighted by molar-refractivity contribution is 0.0842. The molecule has 0 bridgehead atoms. The topological polar surface area (TPSA) is 12.5 Å². The summed E-state index contributed by atoms with van der Waals surface area (Å²) >= 11 is 0. The SMILES string of the molecule is Cc1cc(CCOc2ccc3c(c2)CN([C@H]2C[C@H](C)C2)C3)cc(C)c1-c1ccccc1. The molecule has 31 heavy (non-hydrogen) atoms. The molecule has 0 spiro atoms. The standard InChI is InChI=1S/C29H33NO/c1-20-13-27(14-20)30-18-25-9-10-28(17-26(25)19-30)31-12-11-23-15-21(2)29(22(3)16-23)24-7-5-4-6-8-24/h4-10,15-17,20,27H,11-14,18-19H2,1-3H3/t20-,27-. The van der Waals surface area contributed by atoms with Crippen molar-refractivity contribution in [3.8, 4) is 16.9 Å². The van der Waals surface area contributed by atoms with E-state index in [-0.39, 0.29) is 0 Å². The molecular weight excluding hydrogens is 378 g/mol. The summed E-state index contributed by atoms with van der Waals surface area (Å²) in [6, 6.07) is 22.8. The van der Waals surface area contributed by atoms with Crippen LogP contribution in [0.25, 0.3) is 11.1 Å². The first-order valence-corrected chi connectivity index (χ1v) is 11.7. The quantitative estimate of drug-likeness (QED) is 0.447. The molecule has 3 aromatic carbocycles. The molecule has 0 aromatic heterocycles. The number of rotatable bonds is 6. The highest BCUT2D eigenvalue weighted by Gasteiger charge is 2.33. The summed E-state index contributed by atoms with van der Waals surface area (Å²) in [7, 11) is 0. The Labute approximate surface area is 186 Å². The van der Waals surface area contributed by atoms with Crippen molar-refractivity contribution in [3.63, 3.8) is 0 Å². The van der Waals surface area contributed by atoms with Gasteiger partial charge in [0.2, 0.25) is 0 Å². The summed E-state index contributed by atoms with van der Waals surface area (Å²) < 4.78 is 6.16. The maximum Gasteiger partial charge on any atom is 0.119 e. The van der Waals surface area contributed by atoms with E-state index in [0.717, 1.165) is 37.2 Å². The molecule has 0 atom stereocenters. The zero-order valence-corrected chi connectivity index (χ0v) is 19.0. The first-order chi connectivity index (χ1) is 15.1. The first-order valence-electron chi connectivity index (χ1n) is 11.7. The third-order valence-corrected chi connectivity index (χ3v) is 7.10. The van der Waals surface area contributed by atoms with Gasteiger partial charge in [0.05, 0.1) is 6.61 Å². The van der Waals surface area contributed by atoms with Gasteiger partial charge in [-0.25, -0.2) is 0 Å². The normalized spacial score (nSPS) is 20.4. The van der Waals surface area contributed by atoms with Gasteiger partial charge in [-0.15, -0.1) is 0 Å². The molecule has 2 nitrogen and oxygen atoms in total. The maximum atomic E-state index is 6.16. The van der Waals surface area contributed by atoms with Crippen LogP contribution in [0.3, 0.4) is 0 Å². The van der Waals surface area contributed by atoms with Crippen molar-refractivity contribution in [2.75, 3.05) is 6.61 Å². The van der Waals surface area contributed by atoms with Crippen LogP contribution >= 0.6 is 0 Å². The molecule has 1 aliphatic heterocycles. The van der Waals surface area contributed by atoms with E-state index in [9.17, 15) is 0 Å². The van der Waals surface area contributed by atoms with Crippen molar-refractivity contribution in [1.29, 1.82) is 0 Å². The minimum absolute atomic E-state index is 0.714. The van der Waals surface area contributed by atoms with Crippen LogP contribution in [0.2, 0.25) is 0 Å². The van der Waals surface area contributed by atoms with Gasteiger partial charge in [-0.05, 0) is 83.7 Å². The Bertz CT molecular complexity index is 1040. The molecular formula is C29H33NO. The smallest absolute Gasteiger partial charge is 0.119 e. The highest BCUT2D eigenvalue weighted by atomic mass is 16.5. The highest BCUT2D eigenvalue weighted by Crippen LogP contribution is 2.37. The molecule has 0 N–H and O–H groups in total. The monoisotopic (exact) mass is 411 g/mol. The summed E-state index contributed by atoms with van der Waals surface area (Å²) in [6.45, 7) is 9.71. The minimum atomic E-state index is 0.714. The van der Waals surface area contributed by atoms with Crippen LogP contribution in [0, 0.1) is 19.8 Å². The van der Waals surface area contributed by atoms with Crippen molar-refractivity contribution in [2.24, 2.45) is 5.92 Å². The van der Waals surface area contributed by atoms with Crippen molar-refractivity contribution >= 4 is 0 Å². The van der Waals surface area contributed by atoms with Gasteiger partial charge in [0, 0.05) is 25.6 Å². The van der Waals surface area contributed by atoms with Crippen molar-refractivity contribution in [2.45, 2.75) is 59.2 Å². The van der Waals surface area contributed by atoms with E-state index in [4.69, 9.17) is 4.74 Å². The van der Waals surface area contributed by atoms with Gasteiger partial charge in [0.1, 0.15) is 5.75 Å². The maximum absolute atomic E-state index is 6.16. The van der Waals surface area contributed by atoms with Gasteiger partial charge in [-0.2, -0.15) is 0 Å². The summed E-state index contributed by atoms with van der Waals surface area (Å²) in [4.78, 5) is 2.65. The first kappa shape index (κ1) is 20.3. The van der Waals surface area contributed by atoms with Crippen LogP contribution < -0.4 is 4.74 Å². The van der Waals surface area contributed by atoms with Crippen molar-refractivity contribution in [1.82, 2.24) is 4.90 Å². The van der Waals surface area contributed by atoms with E-state index in [1.807, 2.05) is 0 Å². The Kier molecular flexibility index (Phi) is 5.58. The van der Waals surface area contributed by atoms with Gasteiger partial charge in [0.25, 0.3) is 0 Å². The molecule has 0 radical (unpaired) electrons. The zero-order chi connectivity index (χ0) is 21.4. The van der Waals surface area contributed by atoms with E-state index >= 15 is 0 Å². The van der Waals surface area contributed by atoms with E-state index < -0.39 is 0 Å². The summed E-state index contributed by atoms with van der Waals surface area (Å²) in [5, 5.41) is 0. The summed E-state index contributed by atoms with van der Waals surface area (Å²) in [5.74, 6) is 1.92. The number of fused-ring (bicyclic) bond motifs is 1. The lowest BCUT2D eigenvalue weighted by Gasteiger charge is -2.39. The number of nitrogens with zero attached hydrogens (tertiary/aromatic N) is 1. The van der Waals surface area contributed by atoms with E-state index in [2.05, 4.69) is 86.3 Å². The number of aryl methyl sites for hydroxylation is 2. The largest absolute Gasteiger partial charge is 0.493 e. The molecule has 1 saturated carbocycles. The second-order valence-electron chi connectivity index (χ2n) is 9.64. The molecule has 0 saturated heterocycles.